The van der Waals surface area contributed by atoms with E-state index in [-0.39, 0.29) is 5.91 Å². The summed E-state index contributed by atoms with van der Waals surface area (Å²) in [6.45, 7) is 0.415. The predicted octanol–water partition coefficient (Wildman–Crippen LogP) is 4.78. The lowest BCUT2D eigenvalue weighted by Crippen LogP contribution is -2.14. The molecule has 3 aromatic rings. The van der Waals surface area contributed by atoms with Gasteiger partial charge in [0.15, 0.2) is 11.6 Å². The number of aromatic nitrogens is 1. The Morgan fingerprint density at radius 2 is 1.77 bits per heavy atom. The minimum absolute atomic E-state index is 0.205. The SMILES string of the molecule is CSCc1ccc(C(=O)Nc2ncccc2OCc2ccccc2)cc1. The highest BCUT2D eigenvalue weighted by Crippen LogP contribution is 2.23. The molecule has 0 radical (unpaired) electrons. The third-order valence-corrected chi connectivity index (χ3v) is 4.39. The van der Waals surface area contributed by atoms with Crippen molar-refractivity contribution in [3.63, 3.8) is 0 Å². The predicted molar refractivity (Wildman–Crippen MR) is 107 cm³/mol. The van der Waals surface area contributed by atoms with Crippen LogP contribution < -0.4 is 10.1 Å². The zero-order valence-corrected chi connectivity index (χ0v) is 15.3. The van der Waals surface area contributed by atoms with E-state index >= 15 is 0 Å². The number of pyridine rings is 1. The maximum atomic E-state index is 12.5. The van der Waals surface area contributed by atoms with Gasteiger partial charge in [0, 0.05) is 17.5 Å². The van der Waals surface area contributed by atoms with Crippen molar-refractivity contribution >= 4 is 23.5 Å². The molecule has 0 atom stereocenters. The quantitative estimate of drug-likeness (QED) is 0.656. The number of thioether (sulfide) groups is 1. The largest absolute Gasteiger partial charge is 0.485 e. The molecule has 0 aliphatic heterocycles. The average Bonchev–Trinajstić information content (AvgIpc) is 2.69. The second-order valence-corrected chi connectivity index (χ2v) is 6.57. The summed E-state index contributed by atoms with van der Waals surface area (Å²) in [5, 5.41) is 2.83. The van der Waals surface area contributed by atoms with Crippen LogP contribution in [0.4, 0.5) is 5.82 Å². The Balaban J connectivity index is 1.68. The van der Waals surface area contributed by atoms with Gasteiger partial charge in [0.25, 0.3) is 5.91 Å². The fraction of sp³-hybridized carbons (Fsp3) is 0.143. The summed E-state index contributed by atoms with van der Waals surface area (Å²) < 4.78 is 5.83. The van der Waals surface area contributed by atoms with Crippen molar-refractivity contribution in [2.24, 2.45) is 0 Å². The molecule has 0 fully saturated rings. The molecule has 132 valence electrons. The molecule has 0 spiro atoms. The minimum atomic E-state index is -0.205. The van der Waals surface area contributed by atoms with Crippen molar-refractivity contribution in [2.75, 3.05) is 11.6 Å². The monoisotopic (exact) mass is 364 g/mol. The Kier molecular flexibility index (Phi) is 6.28. The van der Waals surface area contributed by atoms with E-state index in [4.69, 9.17) is 4.74 Å². The first-order valence-electron chi connectivity index (χ1n) is 8.27. The normalized spacial score (nSPS) is 10.3. The van der Waals surface area contributed by atoms with Crippen LogP contribution in [0.25, 0.3) is 0 Å². The van der Waals surface area contributed by atoms with E-state index in [9.17, 15) is 4.79 Å². The number of carbonyl (C=O) groups excluding carboxylic acids is 1. The molecule has 1 heterocycles. The second-order valence-electron chi connectivity index (χ2n) is 5.71. The van der Waals surface area contributed by atoms with Crippen LogP contribution in [0.2, 0.25) is 0 Å². The number of amides is 1. The Bertz CT molecular complexity index is 851. The Labute approximate surface area is 157 Å². The van der Waals surface area contributed by atoms with Gasteiger partial charge >= 0.3 is 0 Å². The van der Waals surface area contributed by atoms with Crippen LogP contribution >= 0.6 is 11.8 Å². The lowest BCUT2D eigenvalue weighted by molar-refractivity contribution is 0.102. The number of nitrogens with one attached hydrogen (secondary N) is 1. The second kappa shape index (κ2) is 9.06. The molecule has 2 aromatic carbocycles. The molecule has 0 bridgehead atoms. The fourth-order valence-corrected chi connectivity index (χ4v) is 2.96. The number of hydrogen-bond donors (Lipinski definition) is 1. The van der Waals surface area contributed by atoms with Crippen LogP contribution in [0.1, 0.15) is 21.5 Å². The maximum Gasteiger partial charge on any atom is 0.256 e. The molecule has 1 N–H and O–H groups in total. The first-order valence-corrected chi connectivity index (χ1v) is 9.66. The van der Waals surface area contributed by atoms with E-state index in [1.165, 1.54) is 5.56 Å². The van der Waals surface area contributed by atoms with Crippen molar-refractivity contribution in [1.82, 2.24) is 4.98 Å². The Hall–Kier alpha value is -2.79. The molecule has 0 aliphatic rings. The standard InChI is InChI=1S/C21H20N2O2S/c1-26-15-17-9-11-18(12-10-17)21(24)23-20-19(8-5-13-22-20)25-14-16-6-3-2-4-7-16/h2-13H,14-15H2,1H3,(H,22,23,24). The molecule has 5 heteroatoms. The number of benzene rings is 2. The number of nitrogens with zero attached hydrogens (tertiary/aromatic N) is 1. The minimum Gasteiger partial charge on any atom is -0.485 e. The van der Waals surface area contributed by atoms with Crippen LogP contribution in [0.15, 0.2) is 72.9 Å². The molecule has 0 aliphatic carbocycles. The van der Waals surface area contributed by atoms with Crippen molar-refractivity contribution < 1.29 is 9.53 Å². The first kappa shape index (κ1) is 18.0. The molecule has 4 nitrogen and oxygen atoms in total. The molecular formula is C21H20N2O2S. The van der Waals surface area contributed by atoms with E-state index in [2.05, 4.69) is 16.6 Å². The average molecular weight is 364 g/mol. The molecule has 26 heavy (non-hydrogen) atoms. The van der Waals surface area contributed by atoms with Crippen LogP contribution in [-0.2, 0) is 12.4 Å². The van der Waals surface area contributed by atoms with Gasteiger partial charge in [-0.1, -0.05) is 42.5 Å². The Morgan fingerprint density at radius 1 is 1.00 bits per heavy atom. The van der Waals surface area contributed by atoms with E-state index in [0.717, 1.165) is 11.3 Å². The zero-order chi connectivity index (χ0) is 18.2. The van der Waals surface area contributed by atoms with Gasteiger partial charge in [0.1, 0.15) is 6.61 Å². The molecule has 0 saturated heterocycles. The number of hydrogen-bond acceptors (Lipinski definition) is 4. The maximum absolute atomic E-state index is 12.5. The molecule has 0 saturated carbocycles. The zero-order valence-electron chi connectivity index (χ0n) is 14.5. The molecular weight excluding hydrogens is 344 g/mol. The van der Waals surface area contributed by atoms with Gasteiger partial charge in [-0.15, -0.1) is 0 Å². The summed E-state index contributed by atoms with van der Waals surface area (Å²) in [7, 11) is 0. The summed E-state index contributed by atoms with van der Waals surface area (Å²) in [6.07, 6.45) is 3.69. The summed E-state index contributed by atoms with van der Waals surface area (Å²) in [6, 6.07) is 21.0. The molecule has 1 amide bonds. The van der Waals surface area contributed by atoms with E-state index in [0.29, 0.717) is 23.7 Å². The van der Waals surface area contributed by atoms with Crippen molar-refractivity contribution in [1.29, 1.82) is 0 Å². The van der Waals surface area contributed by atoms with E-state index in [1.807, 2.05) is 54.6 Å². The van der Waals surface area contributed by atoms with E-state index < -0.39 is 0 Å². The van der Waals surface area contributed by atoms with Gasteiger partial charge in [-0.3, -0.25) is 4.79 Å². The number of ether oxygens (including phenoxy) is 1. The van der Waals surface area contributed by atoms with Crippen LogP contribution in [0.5, 0.6) is 5.75 Å². The highest BCUT2D eigenvalue weighted by Gasteiger charge is 2.11. The smallest absolute Gasteiger partial charge is 0.256 e. The van der Waals surface area contributed by atoms with Gasteiger partial charge in [-0.2, -0.15) is 11.8 Å². The highest BCUT2D eigenvalue weighted by atomic mass is 32.2. The van der Waals surface area contributed by atoms with Gasteiger partial charge in [-0.05, 0) is 41.6 Å². The van der Waals surface area contributed by atoms with Gasteiger partial charge in [0.2, 0.25) is 0 Å². The topological polar surface area (TPSA) is 51.2 Å². The van der Waals surface area contributed by atoms with Gasteiger partial charge in [0.05, 0.1) is 0 Å². The van der Waals surface area contributed by atoms with Crippen molar-refractivity contribution in [3.8, 4) is 5.75 Å². The lowest BCUT2D eigenvalue weighted by Gasteiger charge is -2.11. The fourth-order valence-electron chi connectivity index (χ4n) is 2.43. The summed E-state index contributed by atoms with van der Waals surface area (Å²) >= 11 is 1.75. The number of anilines is 1. The third kappa shape index (κ3) is 4.86. The summed E-state index contributed by atoms with van der Waals surface area (Å²) in [5.41, 5.74) is 2.84. The Morgan fingerprint density at radius 3 is 2.50 bits per heavy atom. The van der Waals surface area contributed by atoms with Gasteiger partial charge < -0.3 is 10.1 Å². The number of carbonyl (C=O) groups is 1. The number of rotatable bonds is 7. The lowest BCUT2D eigenvalue weighted by atomic mass is 10.1. The van der Waals surface area contributed by atoms with Crippen LogP contribution in [0.3, 0.4) is 0 Å². The van der Waals surface area contributed by atoms with Crippen molar-refractivity contribution in [2.45, 2.75) is 12.4 Å². The highest BCUT2D eigenvalue weighted by molar-refractivity contribution is 7.97. The first-order chi connectivity index (χ1) is 12.8. The third-order valence-electron chi connectivity index (χ3n) is 3.77. The summed E-state index contributed by atoms with van der Waals surface area (Å²) in [5.74, 6) is 1.69. The van der Waals surface area contributed by atoms with E-state index in [1.54, 1.807) is 30.1 Å². The van der Waals surface area contributed by atoms with Crippen molar-refractivity contribution in [3.05, 3.63) is 89.6 Å². The molecule has 1 aromatic heterocycles. The van der Waals surface area contributed by atoms with Crippen LogP contribution in [-0.4, -0.2) is 17.1 Å². The molecule has 3 rings (SSSR count). The molecule has 0 unspecified atom stereocenters. The van der Waals surface area contributed by atoms with Crippen LogP contribution in [0, 0.1) is 0 Å². The summed E-state index contributed by atoms with van der Waals surface area (Å²) in [4.78, 5) is 16.7. The van der Waals surface area contributed by atoms with Gasteiger partial charge in [-0.25, -0.2) is 4.98 Å².